The normalized spacial score (nSPS) is 11.5. The highest BCUT2D eigenvalue weighted by Crippen LogP contribution is 2.31. The summed E-state index contributed by atoms with van der Waals surface area (Å²) in [6.07, 6.45) is 0.936. The topological polar surface area (TPSA) is 118 Å². The number of hydrogen-bond acceptors (Lipinski definition) is 6. The van der Waals surface area contributed by atoms with E-state index in [1.54, 1.807) is 24.3 Å². The van der Waals surface area contributed by atoms with Crippen molar-refractivity contribution in [2.24, 2.45) is 0 Å². The fraction of sp³-hybridized carbons (Fsp3) is 0.182. The van der Waals surface area contributed by atoms with Crippen molar-refractivity contribution in [2.45, 2.75) is 26.2 Å². The van der Waals surface area contributed by atoms with Crippen LogP contribution in [0, 0.1) is 10.1 Å². The van der Waals surface area contributed by atoms with Gasteiger partial charge in [0.05, 0.1) is 16.2 Å². The third-order valence-electron chi connectivity index (χ3n) is 4.87. The molecule has 0 spiro atoms. The van der Waals surface area contributed by atoms with E-state index in [1.807, 2.05) is 6.07 Å². The maximum absolute atomic E-state index is 12.5. The van der Waals surface area contributed by atoms with Gasteiger partial charge in [0.15, 0.2) is 10.9 Å². The lowest BCUT2D eigenvalue weighted by atomic mass is 9.98. The summed E-state index contributed by atoms with van der Waals surface area (Å²) in [5, 5.41) is 26.6. The Morgan fingerprint density at radius 1 is 1.23 bits per heavy atom. The Kier molecular flexibility index (Phi) is 6.66. The first-order valence-electron chi connectivity index (χ1n) is 9.59. The highest BCUT2D eigenvalue weighted by Gasteiger charge is 2.20. The van der Waals surface area contributed by atoms with Crippen molar-refractivity contribution in [1.29, 1.82) is 0 Å². The zero-order valence-electron chi connectivity index (χ0n) is 16.9. The number of para-hydroxylation sites is 1. The lowest BCUT2D eigenvalue weighted by molar-refractivity contribution is -0.384. The van der Waals surface area contributed by atoms with Gasteiger partial charge in [-0.2, -0.15) is 0 Å². The number of thiocarbonyl (C=S) groups is 1. The highest BCUT2D eigenvalue weighted by atomic mass is 32.1. The minimum Gasteiger partial charge on any atom is -0.506 e. The molecule has 0 aliphatic carbocycles. The summed E-state index contributed by atoms with van der Waals surface area (Å²) < 4.78 is 5.51. The molecule has 0 saturated heterocycles. The molecule has 0 saturated carbocycles. The average Bonchev–Trinajstić information content (AvgIpc) is 3.25. The van der Waals surface area contributed by atoms with Gasteiger partial charge in [-0.05, 0) is 60.5 Å². The van der Waals surface area contributed by atoms with Gasteiger partial charge in [0.2, 0.25) is 0 Å². The number of carbonyl (C=O) groups is 1. The lowest BCUT2D eigenvalue weighted by Gasteiger charge is -2.14. The van der Waals surface area contributed by atoms with Gasteiger partial charge in [-0.3, -0.25) is 20.2 Å². The van der Waals surface area contributed by atoms with Gasteiger partial charge in [-0.25, -0.2) is 0 Å². The van der Waals surface area contributed by atoms with E-state index in [1.165, 1.54) is 24.3 Å². The molecule has 0 radical (unpaired) electrons. The summed E-state index contributed by atoms with van der Waals surface area (Å²) in [5.41, 5.74) is 1.54. The molecule has 1 aromatic heterocycles. The van der Waals surface area contributed by atoms with Crippen LogP contribution in [0.3, 0.4) is 0 Å². The highest BCUT2D eigenvalue weighted by molar-refractivity contribution is 7.80. The quantitative estimate of drug-likeness (QED) is 0.209. The second-order valence-corrected chi connectivity index (χ2v) is 7.34. The fourth-order valence-electron chi connectivity index (χ4n) is 2.96. The smallest absolute Gasteiger partial charge is 0.293 e. The minimum atomic E-state index is -0.625. The third kappa shape index (κ3) is 5.07. The van der Waals surface area contributed by atoms with Gasteiger partial charge in [-0.15, -0.1) is 0 Å². The van der Waals surface area contributed by atoms with Crippen LogP contribution in [0.1, 0.15) is 42.3 Å². The number of hydrogen-bond donors (Lipinski definition) is 3. The average molecular weight is 439 g/mol. The number of nitro benzene ring substituents is 1. The van der Waals surface area contributed by atoms with Crippen LogP contribution in [-0.4, -0.2) is 21.0 Å². The number of nitro groups is 1. The van der Waals surface area contributed by atoms with Crippen molar-refractivity contribution in [1.82, 2.24) is 5.32 Å². The first-order chi connectivity index (χ1) is 14.8. The van der Waals surface area contributed by atoms with E-state index in [4.69, 9.17) is 16.6 Å². The van der Waals surface area contributed by atoms with Crippen molar-refractivity contribution in [3.63, 3.8) is 0 Å². The van der Waals surface area contributed by atoms with Crippen LogP contribution >= 0.6 is 12.2 Å². The summed E-state index contributed by atoms with van der Waals surface area (Å²) in [5.74, 6) is -0.196. The van der Waals surface area contributed by atoms with E-state index >= 15 is 0 Å². The Labute approximate surface area is 184 Å². The maximum atomic E-state index is 12.5. The molecule has 31 heavy (non-hydrogen) atoms. The molecule has 1 amide bonds. The van der Waals surface area contributed by atoms with Gasteiger partial charge >= 0.3 is 0 Å². The van der Waals surface area contributed by atoms with E-state index in [0.29, 0.717) is 11.6 Å². The second kappa shape index (κ2) is 9.40. The fourth-order valence-corrected chi connectivity index (χ4v) is 3.16. The molecule has 0 aliphatic rings. The number of furan rings is 1. The lowest BCUT2D eigenvalue weighted by Crippen LogP contribution is -2.33. The summed E-state index contributed by atoms with van der Waals surface area (Å²) in [6.45, 7) is 4.14. The second-order valence-electron chi connectivity index (χ2n) is 6.93. The number of aromatic hydroxyl groups is 1. The van der Waals surface area contributed by atoms with Crippen LogP contribution in [0.4, 0.5) is 11.4 Å². The summed E-state index contributed by atoms with van der Waals surface area (Å²) in [6, 6.07) is 14.2. The van der Waals surface area contributed by atoms with Gasteiger partial charge in [0.1, 0.15) is 11.5 Å². The third-order valence-corrected chi connectivity index (χ3v) is 5.08. The Morgan fingerprint density at radius 2 is 1.97 bits per heavy atom. The Bertz CT molecular complexity index is 1140. The molecule has 0 fully saturated rings. The first-order valence-corrected chi connectivity index (χ1v) is 9.99. The Hall–Kier alpha value is -3.72. The van der Waals surface area contributed by atoms with Gasteiger partial charge in [-0.1, -0.05) is 32.0 Å². The summed E-state index contributed by atoms with van der Waals surface area (Å²) in [4.78, 5) is 23.2. The van der Waals surface area contributed by atoms with Crippen molar-refractivity contribution in [3.05, 3.63) is 76.0 Å². The molecule has 0 aliphatic heterocycles. The van der Waals surface area contributed by atoms with E-state index in [9.17, 15) is 20.0 Å². The van der Waals surface area contributed by atoms with E-state index in [-0.39, 0.29) is 33.6 Å². The van der Waals surface area contributed by atoms with E-state index in [2.05, 4.69) is 24.5 Å². The monoisotopic (exact) mass is 439 g/mol. The largest absolute Gasteiger partial charge is 0.506 e. The number of rotatable bonds is 6. The van der Waals surface area contributed by atoms with Gasteiger partial charge in [0, 0.05) is 6.07 Å². The molecule has 1 atom stereocenters. The minimum absolute atomic E-state index is 0.000300. The number of phenolic OH excluding ortho intramolecular Hbond substituents is 1. The van der Waals surface area contributed by atoms with Crippen LogP contribution in [0.15, 0.2) is 59.0 Å². The number of anilines is 1. The number of carbonyl (C=O) groups excluding carboxylic acids is 1. The number of benzene rings is 2. The SMILES string of the molecule is CC[C@@H](C)c1ccc(O)c(NC(=S)NC(=O)c2ccc(-c3ccccc3[N+](=O)[O-])o2)c1. The van der Waals surface area contributed by atoms with Crippen molar-refractivity contribution in [2.75, 3.05) is 5.32 Å². The Balaban J connectivity index is 1.72. The number of nitrogens with zero attached hydrogens (tertiary/aromatic N) is 1. The van der Waals surface area contributed by atoms with Crippen molar-refractivity contribution >= 4 is 34.6 Å². The van der Waals surface area contributed by atoms with Gasteiger partial charge in [0.25, 0.3) is 11.6 Å². The maximum Gasteiger partial charge on any atom is 0.293 e. The first kappa shape index (κ1) is 22.0. The molecule has 8 nitrogen and oxygen atoms in total. The molecule has 0 bridgehead atoms. The molecule has 3 rings (SSSR count). The van der Waals surface area contributed by atoms with Crippen LogP contribution < -0.4 is 10.6 Å². The predicted octanol–water partition coefficient (Wildman–Crippen LogP) is 5.20. The number of amides is 1. The van der Waals surface area contributed by atoms with Crippen molar-refractivity contribution < 1.29 is 19.2 Å². The zero-order valence-corrected chi connectivity index (χ0v) is 17.7. The summed E-state index contributed by atoms with van der Waals surface area (Å²) in [7, 11) is 0. The molecule has 3 N–H and O–H groups in total. The molecule has 0 unspecified atom stereocenters. The van der Waals surface area contributed by atoms with Crippen LogP contribution in [0.25, 0.3) is 11.3 Å². The van der Waals surface area contributed by atoms with Crippen molar-refractivity contribution in [3.8, 4) is 17.1 Å². The molecule has 2 aromatic carbocycles. The number of nitrogens with one attached hydrogen (secondary N) is 2. The molecule has 3 aromatic rings. The van der Waals surface area contributed by atoms with E-state index < -0.39 is 10.8 Å². The van der Waals surface area contributed by atoms with Crippen LogP contribution in [0.5, 0.6) is 5.75 Å². The standard InChI is InChI=1S/C22H21N3O5S/c1-3-13(2)14-8-9-18(26)16(12-14)23-22(31)24-21(27)20-11-10-19(30-20)15-6-4-5-7-17(15)25(28)29/h4-13,26H,3H2,1-2H3,(H2,23,24,27,31)/t13-/m1/s1. The molecular weight excluding hydrogens is 418 g/mol. The molecular formula is C22H21N3O5S. The molecule has 1 heterocycles. The van der Waals surface area contributed by atoms with Crippen LogP contribution in [0.2, 0.25) is 0 Å². The van der Waals surface area contributed by atoms with E-state index in [0.717, 1.165) is 12.0 Å². The predicted molar refractivity (Wildman–Crippen MR) is 121 cm³/mol. The van der Waals surface area contributed by atoms with Crippen LogP contribution in [-0.2, 0) is 0 Å². The van der Waals surface area contributed by atoms with Gasteiger partial charge < -0.3 is 14.8 Å². The Morgan fingerprint density at radius 3 is 2.68 bits per heavy atom. The zero-order chi connectivity index (χ0) is 22.5. The molecule has 9 heteroatoms. The number of phenols is 1. The summed E-state index contributed by atoms with van der Waals surface area (Å²) >= 11 is 5.18. The molecule has 160 valence electrons.